The quantitative estimate of drug-likeness (QED) is 0.848. The van der Waals surface area contributed by atoms with E-state index in [1.807, 2.05) is 0 Å². The van der Waals surface area contributed by atoms with E-state index in [0.717, 1.165) is 24.4 Å². The summed E-state index contributed by atoms with van der Waals surface area (Å²) >= 11 is 0. The topological polar surface area (TPSA) is 15.3 Å². The van der Waals surface area contributed by atoms with Crippen LogP contribution in [0.3, 0.4) is 0 Å². The maximum Gasteiger partial charge on any atom is 0.0332 e. The third-order valence-corrected chi connectivity index (χ3v) is 5.08. The summed E-state index contributed by atoms with van der Waals surface area (Å²) in [5.41, 5.74) is 1.42. The molecule has 0 spiro atoms. The summed E-state index contributed by atoms with van der Waals surface area (Å²) in [4.78, 5) is 2.70. The molecule has 21 heavy (non-hydrogen) atoms. The van der Waals surface area contributed by atoms with E-state index in [9.17, 15) is 0 Å². The van der Waals surface area contributed by atoms with Crippen molar-refractivity contribution >= 4 is 0 Å². The zero-order valence-corrected chi connectivity index (χ0v) is 14.2. The van der Waals surface area contributed by atoms with Crippen LogP contribution in [0.5, 0.6) is 0 Å². The standard InChI is InChI=1S/C19H32N2/c1-5-20-19(18-9-7-6-8-10-18)11-12-21-14-15(2)13-16(3)17(21)4/h6-10,15-17,19-20H,5,11-14H2,1-4H3. The van der Waals surface area contributed by atoms with Crippen molar-refractivity contribution in [1.82, 2.24) is 10.2 Å². The van der Waals surface area contributed by atoms with Crippen molar-refractivity contribution < 1.29 is 0 Å². The van der Waals surface area contributed by atoms with Crippen LogP contribution < -0.4 is 5.32 Å². The Labute approximate surface area is 130 Å². The number of benzene rings is 1. The Morgan fingerprint density at radius 3 is 2.57 bits per heavy atom. The number of hydrogen-bond acceptors (Lipinski definition) is 2. The van der Waals surface area contributed by atoms with Gasteiger partial charge in [-0.1, -0.05) is 51.1 Å². The van der Waals surface area contributed by atoms with Gasteiger partial charge in [0, 0.05) is 25.2 Å². The molecule has 1 aromatic rings. The van der Waals surface area contributed by atoms with E-state index >= 15 is 0 Å². The molecule has 0 aliphatic carbocycles. The van der Waals surface area contributed by atoms with E-state index in [-0.39, 0.29) is 0 Å². The third kappa shape index (κ3) is 4.55. The highest BCUT2D eigenvalue weighted by molar-refractivity contribution is 5.18. The maximum absolute atomic E-state index is 3.65. The van der Waals surface area contributed by atoms with E-state index in [1.54, 1.807) is 0 Å². The number of hydrogen-bond donors (Lipinski definition) is 1. The zero-order valence-electron chi connectivity index (χ0n) is 14.2. The lowest BCUT2D eigenvalue weighted by molar-refractivity contribution is 0.0758. The molecule has 118 valence electrons. The van der Waals surface area contributed by atoms with Crippen LogP contribution in [-0.4, -0.2) is 30.6 Å². The van der Waals surface area contributed by atoms with Crippen molar-refractivity contribution in [3.63, 3.8) is 0 Å². The van der Waals surface area contributed by atoms with Crippen molar-refractivity contribution in [1.29, 1.82) is 0 Å². The normalized spacial score (nSPS) is 28.5. The Kier molecular flexibility index (Phi) is 6.25. The highest BCUT2D eigenvalue weighted by Gasteiger charge is 2.28. The summed E-state index contributed by atoms with van der Waals surface area (Å²) in [6, 6.07) is 12.1. The van der Waals surface area contributed by atoms with Crippen molar-refractivity contribution in [3.05, 3.63) is 35.9 Å². The van der Waals surface area contributed by atoms with Gasteiger partial charge in [0.1, 0.15) is 0 Å². The second-order valence-corrected chi connectivity index (χ2v) is 6.86. The molecular weight excluding hydrogens is 256 g/mol. The van der Waals surface area contributed by atoms with Crippen LogP contribution in [-0.2, 0) is 0 Å². The lowest BCUT2D eigenvalue weighted by Crippen LogP contribution is -2.46. The summed E-state index contributed by atoms with van der Waals surface area (Å²) in [5.74, 6) is 1.66. The smallest absolute Gasteiger partial charge is 0.0332 e. The largest absolute Gasteiger partial charge is 0.310 e. The van der Waals surface area contributed by atoms with Gasteiger partial charge in [-0.25, -0.2) is 0 Å². The van der Waals surface area contributed by atoms with Gasteiger partial charge < -0.3 is 10.2 Å². The summed E-state index contributed by atoms with van der Waals surface area (Å²) in [5, 5.41) is 3.65. The van der Waals surface area contributed by atoms with Crippen LogP contribution in [0.4, 0.5) is 0 Å². The minimum absolute atomic E-state index is 0.482. The molecular formula is C19H32N2. The van der Waals surface area contributed by atoms with Gasteiger partial charge in [0.2, 0.25) is 0 Å². The molecule has 2 heteroatoms. The molecule has 1 aliphatic rings. The molecule has 2 nitrogen and oxygen atoms in total. The van der Waals surface area contributed by atoms with Crippen LogP contribution >= 0.6 is 0 Å². The van der Waals surface area contributed by atoms with Gasteiger partial charge >= 0.3 is 0 Å². The van der Waals surface area contributed by atoms with Gasteiger partial charge in [0.15, 0.2) is 0 Å². The predicted molar refractivity (Wildman–Crippen MR) is 91.5 cm³/mol. The molecule has 1 N–H and O–H groups in total. The van der Waals surface area contributed by atoms with E-state index in [0.29, 0.717) is 6.04 Å². The van der Waals surface area contributed by atoms with Gasteiger partial charge in [-0.05, 0) is 43.7 Å². The van der Waals surface area contributed by atoms with E-state index < -0.39 is 0 Å². The summed E-state index contributed by atoms with van der Waals surface area (Å²) in [6.45, 7) is 12.9. The SMILES string of the molecule is CCNC(CCN1CC(C)CC(C)C1C)c1ccccc1. The second-order valence-electron chi connectivity index (χ2n) is 6.86. The van der Waals surface area contributed by atoms with Crippen molar-refractivity contribution in [2.75, 3.05) is 19.6 Å². The van der Waals surface area contributed by atoms with Crippen molar-refractivity contribution in [2.24, 2.45) is 11.8 Å². The summed E-state index contributed by atoms with van der Waals surface area (Å²) in [7, 11) is 0. The molecule has 0 amide bonds. The number of rotatable bonds is 6. The van der Waals surface area contributed by atoms with Crippen LogP contribution in [0, 0.1) is 11.8 Å². The molecule has 2 rings (SSSR count). The van der Waals surface area contributed by atoms with E-state index in [2.05, 4.69) is 68.2 Å². The van der Waals surface area contributed by atoms with Crippen LogP contribution in [0.25, 0.3) is 0 Å². The van der Waals surface area contributed by atoms with Gasteiger partial charge in [-0.3, -0.25) is 0 Å². The third-order valence-electron chi connectivity index (χ3n) is 5.08. The minimum atomic E-state index is 0.482. The Bertz CT molecular complexity index is 403. The Morgan fingerprint density at radius 1 is 1.19 bits per heavy atom. The van der Waals surface area contributed by atoms with Crippen LogP contribution in [0.2, 0.25) is 0 Å². The fourth-order valence-corrected chi connectivity index (χ4v) is 3.74. The van der Waals surface area contributed by atoms with Gasteiger partial charge in [0.25, 0.3) is 0 Å². The molecule has 1 aliphatic heterocycles. The van der Waals surface area contributed by atoms with Gasteiger partial charge in [-0.15, -0.1) is 0 Å². The number of likely N-dealkylation sites (tertiary alicyclic amines) is 1. The second kappa shape index (κ2) is 7.95. The monoisotopic (exact) mass is 288 g/mol. The van der Waals surface area contributed by atoms with Crippen molar-refractivity contribution in [3.8, 4) is 0 Å². The minimum Gasteiger partial charge on any atom is -0.310 e. The Morgan fingerprint density at radius 2 is 1.90 bits per heavy atom. The lowest BCUT2D eigenvalue weighted by Gasteiger charge is -2.41. The van der Waals surface area contributed by atoms with E-state index in [1.165, 1.54) is 31.5 Å². The first-order valence-electron chi connectivity index (χ1n) is 8.64. The number of nitrogens with one attached hydrogen (secondary N) is 1. The first kappa shape index (κ1) is 16.5. The number of piperidine rings is 1. The molecule has 0 radical (unpaired) electrons. The number of nitrogens with zero attached hydrogens (tertiary/aromatic N) is 1. The molecule has 0 bridgehead atoms. The molecule has 0 aromatic heterocycles. The maximum atomic E-state index is 3.65. The fourth-order valence-electron chi connectivity index (χ4n) is 3.74. The molecule has 1 fully saturated rings. The summed E-state index contributed by atoms with van der Waals surface area (Å²) in [6.07, 6.45) is 2.58. The molecule has 1 saturated heterocycles. The summed E-state index contributed by atoms with van der Waals surface area (Å²) < 4.78 is 0. The van der Waals surface area contributed by atoms with Gasteiger partial charge in [0.05, 0.1) is 0 Å². The van der Waals surface area contributed by atoms with Crippen LogP contribution in [0.1, 0.15) is 52.1 Å². The van der Waals surface area contributed by atoms with E-state index in [4.69, 9.17) is 0 Å². The average Bonchev–Trinajstić information content (AvgIpc) is 2.49. The van der Waals surface area contributed by atoms with Crippen LogP contribution in [0.15, 0.2) is 30.3 Å². The first-order valence-corrected chi connectivity index (χ1v) is 8.64. The molecule has 1 heterocycles. The lowest BCUT2D eigenvalue weighted by atomic mass is 9.85. The average molecular weight is 288 g/mol. The fraction of sp³-hybridized carbons (Fsp3) is 0.684. The predicted octanol–water partition coefficient (Wildman–Crippen LogP) is 4.09. The zero-order chi connectivity index (χ0) is 15.2. The molecule has 4 unspecified atom stereocenters. The highest BCUT2D eigenvalue weighted by Crippen LogP contribution is 2.28. The first-order chi connectivity index (χ1) is 10.1. The Hall–Kier alpha value is -0.860. The molecule has 0 saturated carbocycles. The molecule has 1 aromatic carbocycles. The molecule has 4 atom stereocenters. The van der Waals surface area contributed by atoms with Crippen molar-refractivity contribution in [2.45, 2.75) is 52.6 Å². The highest BCUT2D eigenvalue weighted by atomic mass is 15.2. The van der Waals surface area contributed by atoms with Gasteiger partial charge in [-0.2, -0.15) is 0 Å². The Balaban J connectivity index is 1.95.